The topological polar surface area (TPSA) is 87.6 Å². The van der Waals surface area contributed by atoms with E-state index in [2.05, 4.69) is 15.0 Å². The maximum atomic E-state index is 12.7. The normalized spacial score (nSPS) is 12.6. The zero-order valence-corrected chi connectivity index (χ0v) is 17.6. The Morgan fingerprint density at radius 2 is 1.86 bits per heavy atom. The predicted octanol–water partition coefficient (Wildman–Crippen LogP) is 3.91. The number of amides is 1. The summed E-state index contributed by atoms with van der Waals surface area (Å²) in [5, 5.41) is 3.37. The highest BCUT2D eigenvalue weighted by molar-refractivity contribution is 7.90. The first-order valence-corrected chi connectivity index (χ1v) is 10.4. The molecule has 0 heterocycles. The van der Waals surface area contributed by atoms with Crippen LogP contribution < -0.4 is 10.0 Å². The lowest BCUT2D eigenvalue weighted by Crippen LogP contribution is -2.32. The second kappa shape index (κ2) is 9.03. The molecule has 2 N–H and O–H groups in total. The summed E-state index contributed by atoms with van der Waals surface area (Å²) in [6.45, 7) is 4.97. The van der Waals surface area contributed by atoms with E-state index in [0.29, 0.717) is 27.5 Å². The highest BCUT2D eigenvalue weighted by atomic mass is 35.5. The molecule has 0 bridgehead atoms. The lowest BCUT2D eigenvalue weighted by Gasteiger charge is -2.12. The van der Waals surface area contributed by atoms with Gasteiger partial charge in [-0.15, -0.1) is 0 Å². The number of anilines is 1. The molecule has 148 valence electrons. The number of halogens is 1. The number of nitrogens with one attached hydrogen (secondary N) is 2. The van der Waals surface area contributed by atoms with Crippen LogP contribution in [0.1, 0.15) is 25.0 Å². The van der Waals surface area contributed by atoms with E-state index in [-0.39, 0.29) is 10.6 Å². The average molecular weight is 420 g/mol. The molecule has 0 atom stereocenters. The minimum Gasteiger partial charge on any atom is -0.388 e. The summed E-state index contributed by atoms with van der Waals surface area (Å²) >= 11 is 6.16. The molecule has 2 rings (SSSR count). The van der Waals surface area contributed by atoms with Crippen molar-refractivity contribution >= 4 is 38.9 Å². The number of aliphatic imine (C=N–C) groups is 1. The largest absolute Gasteiger partial charge is 0.388 e. The van der Waals surface area contributed by atoms with Crippen molar-refractivity contribution in [3.63, 3.8) is 0 Å². The van der Waals surface area contributed by atoms with E-state index in [0.717, 1.165) is 0 Å². The number of benzene rings is 2. The summed E-state index contributed by atoms with van der Waals surface area (Å²) in [5.41, 5.74) is 2.29. The Morgan fingerprint density at radius 3 is 2.46 bits per heavy atom. The average Bonchev–Trinajstić information content (AvgIpc) is 2.66. The monoisotopic (exact) mass is 419 g/mol. The van der Waals surface area contributed by atoms with Gasteiger partial charge in [0, 0.05) is 29.0 Å². The molecule has 0 aliphatic heterocycles. The summed E-state index contributed by atoms with van der Waals surface area (Å²) in [6, 6.07) is 12.0. The number of hydrogen-bond donors (Lipinski definition) is 2. The summed E-state index contributed by atoms with van der Waals surface area (Å²) in [5.74, 6) is -0.817. The number of sulfonamides is 1. The molecule has 2 aromatic rings. The second-order valence-electron chi connectivity index (χ2n) is 6.02. The van der Waals surface area contributed by atoms with Gasteiger partial charge in [-0.3, -0.25) is 4.79 Å². The predicted molar refractivity (Wildman–Crippen MR) is 113 cm³/mol. The molecule has 1 amide bonds. The second-order valence-corrected chi connectivity index (χ2v) is 8.07. The van der Waals surface area contributed by atoms with Gasteiger partial charge in [-0.2, -0.15) is 0 Å². The van der Waals surface area contributed by atoms with Crippen molar-refractivity contribution in [3.05, 3.63) is 70.4 Å². The molecule has 6 nitrogen and oxygen atoms in total. The number of carbonyl (C=O) groups is 1. The minimum atomic E-state index is -4.06. The molecule has 0 unspecified atom stereocenters. The minimum absolute atomic E-state index is 0.0231. The molecule has 0 fully saturated rings. The van der Waals surface area contributed by atoms with Crippen LogP contribution >= 0.6 is 11.6 Å². The van der Waals surface area contributed by atoms with E-state index in [4.69, 9.17) is 11.6 Å². The molecular weight excluding hydrogens is 398 g/mol. The number of hydrogen-bond acceptors (Lipinski definition) is 5. The number of allylic oxidation sites excluding steroid dienone is 1. The van der Waals surface area contributed by atoms with Crippen molar-refractivity contribution in [1.29, 1.82) is 0 Å². The highest BCUT2D eigenvalue weighted by Gasteiger charge is 2.22. The van der Waals surface area contributed by atoms with Crippen molar-refractivity contribution in [1.82, 2.24) is 4.72 Å². The molecular formula is C20H22ClN3O3S. The summed E-state index contributed by atoms with van der Waals surface area (Å²) in [4.78, 5) is 16.9. The Bertz CT molecular complexity index is 1060. The molecule has 0 radical (unpaired) electrons. The third-order valence-electron chi connectivity index (χ3n) is 4.05. The first kappa shape index (κ1) is 21.7. The molecule has 0 saturated carbocycles. The van der Waals surface area contributed by atoms with Crippen LogP contribution in [-0.2, 0) is 14.8 Å². The molecule has 0 spiro atoms. The van der Waals surface area contributed by atoms with Crippen LogP contribution in [0.2, 0.25) is 5.02 Å². The van der Waals surface area contributed by atoms with Gasteiger partial charge in [0.2, 0.25) is 0 Å². The van der Waals surface area contributed by atoms with Crippen LogP contribution in [0.5, 0.6) is 0 Å². The summed E-state index contributed by atoms with van der Waals surface area (Å²) in [7, 11) is -2.38. The number of carbonyl (C=O) groups excluding carboxylic acids is 1. The van der Waals surface area contributed by atoms with E-state index in [9.17, 15) is 13.2 Å². The molecule has 0 aromatic heterocycles. The van der Waals surface area contributed by atoms with Crippen molar-refractivity contribution in [2.45, 2.75) is 25.7 Å². The summed E-state index contributed by atoms with van der Waals surface area (Å²) in [6.07, 6.45) is 1.45. The van der Waals surface area contributed by atoms with E-state index in [1.807, 2.05) is 0 Å². The third-order valence-corrected chi connectivity index (χ3v) is 5.85. The zero-order valence-electron chi connectivity index (χ0n) is 16.1. The standard InChI is InChI=1S/C20H22ClN3O3S/c1-5-18(23-14(3)16-8-6-7-9-17(16)21)20(25)24-28(26,27)19-12-15(22-4)11-10-13(19)2/h5-12,22H,1-4H3,(H,24,25)/b18-5-,23-14?. The summed E-state index contributed by atoms with van der Waals surface area (Å²) < 4.78 is 27.5. The lowest BCUT2D eigenvalue weighted by molar-refractivity contribution is -0.115. The Labute approximate surface area is 170 Å². The maximum absolute atomic E-state index is 12.7. The molecule has 8 heteroatoms. The fourth-order valence-electron chi connectivity index (χ4n) is 2.52. The van der Waals surface area contributed by atoms with Gasteiger partial charge in [-0.05, 0) is 44.5 Å². The van der Waals surface area contributed by atoms with Crippen LogP contribution in [0.3, 0.4) is 0 Å². The van der Waals surface area contributed by atoms with Gasteiger partial charge < -0.3 is 5.32 Å². The van der Waals surface area contributed by atoms with E-state index < -0.39 is 15.9 Å². The van der Waals surface area contributed by atoms with Gasteiger partial charge in [-0.1, -0.05) is 41.9 Å². The van der Waals surface area contributed by atoms with E-state index in [1.165, 1.54) is 12.1 Å². The lowest BCUT2D eigenvalue weighted by atomic mass is 10.1. The quantitative estimate of drug-likeness (QED) is 0.549. The van der Waals surface area contributed by atoms with E-state index >= 15 is 0 Å². The molecule has 28 heavy (non-hydrogen) atoms. The van der Waals surface area contributed by atoms with Gasteiger partial charge in [-0.25, -0.2) is 18.1 Å². The first-order chi connectivity index (χ1) is 13.2. The Kier molecular flexibility index (Phi) is 6.99. The Hall–Kier alpha value is -2.64. The molecule has 0 saturated heterocycles. The van der Waals surface area contributed by atoms with Gasteiger partial charge in [0.05, 0.1) is 4.90 Å². The highest BCUT2D eigenvalue weighted by Crippen LogP contribution is 2.21. The van der Waals surface area contributed by atoms with Crippen molar-refractivity contribution < 1.29 is 13.2 Å². The van der Waals surface area contributed by atoms with Crippen molar-refractivity contribution in [3.8, 4) is 0 Å². The van der Waals surface area contributed by atoms with Crippen molar-refractivity contribution in [2.24, 2.45) is 4.99 Å². The number of aryl methyl sites for hydroxylation is 1. The van der Waals surface area contributed by atoms with Crippen LogP contribution in [0.4, 0.5) is 5.69 Å². The SMILES string of the molecule is C/C=C(\N=C(C)c1ccccc1Cl)C(=O)NS(=O)(=O)c1cc(NC)ccc1C. The Balaban J connectivity index is 2.32. The first-order valence-electron chi connectivity index (χ1n) is 8.51. The molecule has 0 aliphatic carbocycles. The fourth-order valence-corrected chi connectivity index (χ4v) is 4.02. The van der Waals surface area contributed by atoms with Crippen LogP contribution in [-0.4, -0.2) is 27.1 Å². The van der Waals surface area contributed by atoms with Crippen LogP contribution in [0.15, 0.2) is 64.1 Å². The van der Waals surface area contributed by atoms with Crippen LogP contribution in [0.25, 0.3) is 0 Å². The Morgan fingerprint density at radius 1 is 1.18 bits per heavy atom. The zero-order chi connectivity index (χ0) is 20.9. The van der Waals surface area contributed by atoms with Gasteiger partial charge in [0.15, 0.2) is 0 Å². The van der Waals surface area contributed by atoms with Gasteiger partial charge in [0.1, 0.15) is 5.70 Å². The van der Waals surface area contributed by atoms with Crippen LogP contribution in [0, 0.1) is 6.92 Å². The molecule has 0 aliphatic rings. The van der Waals surface area contributed by atoms with Gasteiger partial charge >= 0.3 is 0 Å². The third kappa shape index (κ3) is 4.99. The van der Waals surface area contributed by atoms with Gasteiger partial charge in [0.25, 0.3) is 15.9 Å². The van der Waals surface area contributed by atoms with Crippen molar-refractivity contribution in [2.75, 3.05) is 12.4 Å². The van der Waals surface area contributed by atoms with E-state index in [1.54, 1.807) is 64.2 Å². The number of rotatable bonds is 6. The molecule has 2 aromatic carbocycles. The number of nitrogens with zero attached hydrogens (tertiary/aromatic N) is 1. The maximum Gasteiger partial charge on any atom is 0.283 e. The fraction of sp³-hybridized carbons (Fsp3) is 0.200. The smallest absolute Gasteiger partial charge is 0.283 e.